The molecule has 2 aromatic rings. The Bertz CT molecular complexity index is 652. The second kappa shape index (κ2) is 5.69. The lowest BCUT2D eigenvalue weighted by Crippen LogP contribution is -2.14. The number of rotatable bonds is 3. The fourth-order valence-electron chi connectivity index (χ4n) is 1.94. The molecule has 0 saturated heterocycles. The predicted octanol–water partition coefficient (Wildman–Crippen LogP) is 2.70. The number of anilines is 2. The van der Waals surface area contributed by atoms with Crippen molar-refractivity contribution >= 4 is 17.4 Å². The van der Waals surface area contributed by atoms with Gasteiger partial charge in [-0.3, -0.25) is 9.78 Å². The number of aromatic nitrogens is 2. The predicted molar refractivity (Wildman–Crippen MR) is 80.2 cm³/mol. The van der Waals surface area contributed by atoms with E-state index in [9.17, 15) is 4.79 Å². The first-order valence-electron chi connectivity index (χ1n) is 6.41. The van der Waals surface area contributed by atoms with E-state index in [0.29, 0.717) is 11.4 Å². The molecule has 0 spiro atoms. The van der Waals surface area contributed by atoms with E-state index in [-0.39, 0.29) is 5.91 Å². The van der Waals surface area contributed by atoms with Gasteiger partial charge in [-0.25, -0.2) is 4.98 Å². The minimum absolute atomic E-state index is 0.166. The van der Waals surface area contributed by atoms with Crippen molar-refractivity contribution in [1.29, 1.82) is 0 Å². The molecule has 5 nitrogen and oxygen atoms in total. The molecule has 0 radical (unpaired) electrons. The SMILES string of the molecule is CNc1cc(C(=O)Nc2ccc(C)nc2C)cc(C)n1. The minimum Gasteiger partial charge on any atom is -0.373 e. The van der Waals surface area contributed by atoms with Crippen LogP contribution < -0.4 is 10.6 Å². The standard InChI is InChI=1S/C15H18N4O/c1-9-5-6-13(11(3)17-9)19-15(20)12-7-10(2)18-14(8-12)16-4/h5-8H,1-4H3,(H,16,18)(H,19,20). The van der Waals surface area contributed by atoms with Crippen molar-refractivity contribution in [3.8, 4) is 0 Å². The third kappa shape index (κ3) is 3.12. The first-order valence-corrected chi connectivity index (χ1v) is 6.41. The Morgan fingerprint density at radius 2 is 1.80 bits per heavy atom. The number of nitrogens with zero attached hydrogens (tertiary/aromatic N) is 2. The van der Waals surface area contributed by atoms with Gasteiger partial charge in [0.25, 0.3) is 5.91 Å². The summed E-state index contributed by atoms with van der Waals surface area (Å²) >= 11 is 0. The average Bonchev–Trinajstić information content (AvgIpc) is 2.41. The summed E-state index contributed by atoms with van der Waals surface area (Å²) in [6, 6.07) is 7.22. The zero-order chi connectivity index (χ0) is 14.7. The molecule has 2 N–H and O–H groups in total. The first kappa shape index (κ1) is 14.0. The van der Waals surface area contributed by atoms with Gasteiger partial charge in [0.2, 0.25) is 0 Å². The Balaban J connectivity index is 2.26. The van der Waals surface area contributed by atoms with Crippen molar-refractivity contribution in [3.05, 3.63) is 46.9 Å². The maximum absolute atomic E-state index is 12.3. The van der Waals surface area contributed by atoms with Crippen LogP contribution in [-0.4, -0.2) is 22.9 Å². The molecule has 0 unspecified atom stereocenters. The molecule has 0 atom stereocenters. The zero-order valence-electron chi connectivity index (χ0n) is 12.1. The van der Waals surface area contributed by atoms with E-state index < -0.39 is 0 Å². The summed E-state index contributed by atoms with van der Waals surface area (Å²) in [6.45, 7) is 5.65. The van der Waals surface area contributed by atoms with Gasteiger partial charge >= 0.3 is 0 Å². The highest BCUT2D eigenvalue weighted by Gasteiger charge is 2.10. The van der Waals surface area contributed by atoms with Gasteiger partial charge in [0.15, 0.2) is 0 Å². The van der Waals surface area contributed by atoms with Crippen molar-refractivity contribution in [2.45, 2.75) is 20.8 Å². The zero-order valence-corrected chi connectivity index (χ0v) is 12.1. The van der Waals surface area contributed by atoms with Crippen LogP contribution in [0, 0.1) is 20.8 Å². The molecule has 0 aromatic carbocycles. The number of hydrogen-bond donors (Lipinski definition) is 2. The van der Waals surface area contributed by atoms with Gasteiger partial charge in [-0.1, -0.05) is 0 Å². The number of nitrogens with one attached hydrogen (secondary N) is 2. The normalized spacial score (nSPS) is 10.2. The molecule has 2 heterocycles. The Hall–Kier alpha value is -2.43. The van der Waals surface area contributed by atoms with Gasteiger partial charge in [0.05, 0.1) is 11.4 Å². The molecule has 0 fully saturated rings. The van der Waals surface area contributed by atoms with E-state index in [2.05, 4.69) is 20.6 Å². The Morgan fingerprint density at radius 1 is 1.05 bits per heavy atom. The Labute approximate surface area is 118 Å². The van der Waals surface area contributed by atoms with Crippen LogP contribution in [0.4, 0.5) is 11.5 Å². The summed E-state index contributed by atoms with van der Waals surface area (Å²) in [7, 11) is 1.78. The topological polar surface area (TPSA) is 66.9 Å². The highest BCUT2D eigenvalue weighted by molar-refractivity contribution is 6.05. The Kier molecular flexibility index (Phi) is 3.98. The third-order valence-electron chi connectivity index (χ3n) is 2.94. The molecule has 0 bridgehead atoms. The smallest absolute Gasteiger partial charge is 0.255 e. The van der Waals surface area contributed by atoms with Crippen molar-refractivity contribution in [2.75, 3.05) is 17.7 Å². The molecular weight excluding hydrogens is 252 g/mol. The number of carbonyl (C=O) groups is 1. The number of amides is 1. The molecule has 0 aliphatic carbocycles. The van der Waals surface area contributed by atoms with Crippen LogP contribution in [0.3, 0.4) is 0 Å². The van der Waals surface area contributed by atoms with Gasteiger partial charge < -0.3 is 10.6 Å². The second-order valence-electron chi connectivity index (χ2n) is 4.67. The number of hydrogen-bond acceptors (Lipinski definition) is 4. The number of pyridine rings is 2. The van der Waals surface area contributed by atoms with Gasteiger partial charge in [0, 0.05) is 24.0 Å². The fraction of sp³-hybridized carbons (Fsp3) is 0.267. The van der Waals surface area contributed by atoms with Gasteiger partial charge in [-0.2, -0.15) is 0 Å². The van der Waals surface area contributed by atoms with Gasteiger partial charge in [0.1, 0.15) is 5.82 Å². The number of carbonyl (C=O) groups excluding carboxylic acids is 1. The molecule has 2 aromatic heterocycles. The van der Waals surface area contributed by atoms with E-state index in [0.717, 1.165) is 22.8 Å². The van der Waals surface area contributed by atoms with Crippen molar-refractivity contribution in [1.82, 2.24) is 9.97 Å². The summed E-state index contributed by atoms with van der Waals surface area (Å²) in [5, 5.41) is 5.82. The van der Waals surface area contributed by atoms with Gasteiger partial charge in [-0.15, -0.1) is 0 Å². The van der Waals surface area contributed by atoms with E-state index >= 15 is 0 Å². The van der Waals surface area contributed by atoms with Crippen LogP contribution >= 0.6 is 0 Å². The lowest BCUT2D eigenvalue weighted by Gasteiger charge is -2.10. The molecule has 5 heteroatoms. The molecule has 20 heavy (non-hydrogen) atoms. The largest absolute Gasteiger partial charge is 0.373 e. The molecule has 0 aliphatic rings. The summed E-state index contributed by atoms with van der Waals surface area (Å²) < 4.78 is 0. The monoisotopic (exact) mass is 270 g/mol. The van der Waals surface area contributed by atoms with E-state index in [4.69, 9.17) is 0 Å². The van der Waals surface area contributed by atoms with Crippen molar-refractivity contribution < 1.29 is 4.79 Å². The average molecular weight is 270 g/mol. The highest BCUT2D eigenvalue weighted by Crippen LogP contribution is 2.16. The molecule has 0 saturated carbocycles. The molecule has 0 aliphatic heterocycles. The fourth-order valence-corrected chi connectivity index (χ4v) is 1.94. The maximum atomic E-state index is 12.3. The van der Waals surface area contributed by atoms with E-state index in [1.54, 1.807) is 19.2 Å². The molecule has 104 valence electrons. The van der Waals surface area contributed by atoms with E-state index in [1.807, 2.05) is 32.9 Å². The maximum Gasteiger partial charge on any atom is 0.255 e. The lowest BCUT2D eigenvalue weighted by atomic mass is 10.2. The van der Waals surface area contributed by atoms with Gasteiger partial charge in [-0.05, 0) is 45.0 Å². The summed E-state index contributed by atoms with van der Waals surface area (Å²) in [5.74, 6) is 0.509. The minimum atomic E-state index is -0.166. The van der Waals surface area contributed by atoms with Crippen molar-refractivity contribution in [2.24, 2.45) is 0 Å². The van der Waals surface area contributed by atoms with Crippen LogP contribution in [-0.2, 0) is 0 Å². The van der Waals surface area contributed by atoms with Crippen LogP contribution in [0.1, 0.15) is 27.4 Å². The van der Waals surface area contributed by atoms with Crippen LogP contribution in [0.5, 0.6) is 0 Å². The Morgan fingerprint density at radius 3 is 2.45 bits per heavy atom. The molecular formula is C15H18N4O. The van der Waals surface area contributed by atoms with Crippen LogP contribution in [0.25, 0.3) is 0 Å². The lowest BCUT2D eigenvalue weighted by molar-refractivity contribution is 0.102. The summed E-state index contributed by atoms with van der Waals surface area (Å²) in [4.78, 5) is 20.9. The van der Waals surface area contributed by atoms with Crippen molar-refractivity contribution in [3.63, 3.8) is 0 Å². The molecule has 1 amide bonds. The summed E-state index contributed by atoms with van der Waals surface area (Å²) in [6.07, 6.45) is 0. The third-order valence-corrected chi connectivity index (χ3v) is 2.94. The summed E-state index contributed by atoms with van der Waals surface area (Å²) in [5.41, 5.74) is 3.82. The highest BCUT2D eigenvalue weighted by atomic mass is 16.1. The number of aryl methyl sites for hydroxylation is 3. The first-order chi connectivity index (χ1) is 9.49. The quantitative estimate of drug-likeness (QED) is 0.900. The van der Waals surface area contributed by atoms with E-state index in [1.165, 1.54) is 0 Å². The van der Waals surface area contributed by atoms with Crippen LogP contribution in [0.2, 0.25) is 0 Å². The molecule has 2 rings (SSSR count). The van der Waals surface area contributed by atoms with Crippen LogP contribution in [0.15, 0.2) is 24.3 Å². The second-order valence-corrected chi connectivity index (χ2v) is 4.67.